The van der Waals surface area contributed by atoms with Crippen LogP contribution in [0.5, 0.6) is 0 Å². The van der Waals surface area contributed by atoms with Gasteiger partial charge >= 0.3 is 0 Å². The van der Waals surface area contributed by atoms with Gasteiger partial charge in [-0.05, 0) is 95.1 Å². The molecule has 2 N–H and O–H groups in total. The van der Waals surface area contributed by atoms with Gasteiger partial charge in [0.1, 0.15) is 5.82 Å². The number of carbonyl (C=O) groups is 1. The molecule has 3 heterocycles. The summed E-state index contributed by atoms with van der Waals surface area (Å²) in [6, 6.07) is 12.0. The van der Waals surface area contributed by atoms with Crippen molar-refractivity contribution in [3.05, 3.63) is 66.2 Å². The van der Waals surface area contributed by atoms with Gasteiger partial charge in [0, 0.05) is 23.2 Å². The number of halogens is 1. The summed E-state index contributed by atoms with van der Waals surface area (Å²) in [5.74, 6) is 0.0127. The van der Waals surface area contributed by atoms with Crippen LogP contribution in [0.2, 0.25) is 0 Å². The number of benzene rings is 2. The molecule has 5 rings (SSSR count). The summed E-state index contributed by atoms with van der Waals surface area (Å²) < 4.78 is 17.4. The van der Waals surface area contributed by atoms with E-state index in [1.54, 1.807) is 18.3 Å². The summed E-state index contributed by atoms with van der Waals surface area (Å²) in [6.45, 7) is 9.02. The van der Waals surface area contributed by atoms with Gasteiger partial charge in [-0.15, -0.1) is 0 Å². The first-order valence-electron chi connectivity index (χ1n) is 12.1. The monoisotopic (exact) mass is 474 g/mol. The number of rotatable bonds is 5. The minimum absolute atomic E-state index is 0.261. The van der Waals surface area contributed by atoms with Crippen LogP contribution in [-0.4, -0.2) is 38.6 Å². The molecule has 35 heavy (non-hydrogen) atoms. The lowest BCUT2D eigenvalue weighted by molar-refractivity contribution is 0.102. The second-order valence-corrected chi connectivity index (χ2v) is 10.2. The topological polar surface area (TPSA) is 76.8 Å². The van der Waals surface area contributed by atoms with Gasteiger partial charge in [-0.1, -0.05) is 0 Å². The maximum Gasteiger partial charge on any atom is 0.259 e. The Hall–Kier alpha value is -3.52. The highest BCUT2D eigenvalue weighted by Gasteiger charge is 2.25. The maximum atomic E-state index is 13.6. The molecule has 0 spiro atoms. The van der Waals surface area contributed by atoms with Gasteiger partial charge in [0.15, 0.2) is 0 Å². The molecule has 4 aromatic rings. The molecule has 1 amide bonds. The highest BCUT2D eigenvalue weighted by atomic mass is 19.1. The summed E-state index contributed by atoms with van der Waals surface area (Å²) >= 11 is 0. The number of hydrogen-bond acceptors (Lipinski definition) is 4. The molecule has 2 aromatic heterocycles. The van der Waals surface area contributed by atoms with Crippen LogP contribution in [0.4, 0.5) is 10.1 Å². The van der Waals surface area contributed by atoms with Crippen molar-refractivity contribution in [2.45, 2.75) is 45.7 Å². The molecule has 1 aliphatic heterocycles. The highest BCUT2D eigenvalue weighted by Crippen LogP contribution is 2.30. The Balaban J connectivity index is 1.44. The summed E-state index contributed by atoms with van der Waals surface area (Å²) in [7, 11) is 0. The van der Waals surface area contributed by atoms with E-state index in [4.69, 9.17) is 0 Å². The first-order chi connectivity index (χ1) is 16.8. The van der Waals surface area contributed by atoms with Crippen LogP contribution in [0.25, 0.3) is 22.2 Å². The lowest BCUT2D eigenvalue weighted by Gasteiger charge is -2.23. The fraction of sp³-hybridized carbons (Fsp3) is 0.370. The van der Waals surface area contributed by atoms with Gasteiger partial charge in [0.05, 0.1) is 34.7 Å². The minimum atomic E-state index is -0.359. The summed E-state index contributed by atoms with van der Waals surface area (Å²) in [5.41, 5.74) is 3.18. The van der Waals surface area contributed by atoms with E-state index in [0.29, 0.717) is 22.9 Å². The standard InChI is InChI=1S/C27H31FN6O/c1-27(2,3)34-25(19-4-7-21(28)8-5-19)23(16-31-34)26(35)32-22-9-6-20-15-30-33(24(20)14-22)17-18-10-12-29-13-11-18/h4-9,14-16,18,29H,10-13,17H2,1-3H3,(H,32,35). The molecule has 0 unspecified atom stereocenters. The lowest BCUT2D eigenvalue weighted by Crippen LogP contribution is -2.30. The molecule has 0 bridgehead atoms. The van der Waals surface area contributed by atoms with E-state index in [1.807, 2.05) is 54.5 Å². The molecule has 1 aliphatic rings. The molecule has 182 valence electrons. The summed E-state index contributed by atoms with van der Waals surface area (Å²) in [4.78, 5) is 13.4. The van der Waals surface area contributed by atoms with E-state index in [1.165, 1.54) is 12.1 Å². The van der Waals surface area contributed by atoms with Crippen molar-refractivity contribution in [2.24, 2.45) is 5.92 Å². The van der Waals surface area contributed by atoms with Gasteiger partial charge in [-0.25, -0.2) is 4.39 Å². The van der Waals surface area contributed by atoms with Gasteiger partial charge in [0.2, 0.25) is 0 Å². The first kappa shape index (κ1) is 23.2. The van der Waals surface area contributed by atoms with E-state index < -0.39 is 0 Å². The predicted molar refractivity (Wildman–Crippen MR) is 136 cm³/mol. The van der Waals surface area contributed by atoms with Crippen molar-refractivity contribution < 1.29 is 9.18 Å². The zero-order valence-corrected chi connectivity index (χ0v) is 20.4. The number of anilines is 1. The number of carbonyl (C=O) groups excluding carboxylic acids is 1. The number of amides is 1. The van der Waals surface area contributed by atoms with Crippen molar-refractivity contribution >= 4 is 22.5 Å². The van der Waals surface area contributed by atoms with Crippen molar-refractivity contribution in [1.29, 1.82) is 0 Å². The molecule has 7 nitrogen and oxygen atoms in total. The molecular weight excluding hydrogens is 443 g/mol. The number of fused-ring (bicyclic) bond motifs is 1. The second-order valence-electron chi connectivity index (χ2n) is 10.2. The van der Waals surface area contributed by atoms with Crippen LogP contribution in [0.15, 0.2) is 54.9 Å². The van der Waals surface area contributed by atoms with Crippen LogP contribution in [0.3, 0.4) is 0 Å². The molecule has 0 aliphatic carbocycles. The Morgan fingerprint density at radius 2 is 1.83 bits per heavy atom. The Kier molecular flexibility index (Phi) is 6.15. The minimum Gasteiger partial charge on any atom is -0.322 e. The summed E-state index contributed by atoms with van der Waals surface area (Å²) in [6.07, 6.45) is 5.74. The second kappa shape index (κ2) is 9.26. The molecule has 0 saturated carbocycles. The number of hydrogen-bond donors (Lipinski definition) is 2. The number of nitrogens with zero attached hydrogens (tertiary/aromatic N) is 4. The number of piperidine rings is 1. The Morgan fingerprint density at radius 3 is 2.54 bits per heavy atom. The van der Waals surface area contributed by atoms with Crippen molar-refractivity contribution in [1.82, 2.24) is 24.9 Å². The van der Waals surface area contributed by atoms with E-state index in [2.05, 4.69) is 20.8 Å². The Labute approximate surface area is 204 Å². The average Bonchev–Trinajstić information content (AvgIpc) is 3.45. The van der Waals surface area contributed by atoms with Crippen LogP contribution in [0.1, 0.15) is 44.0 Å². The maximum absolute atomic E-state index is 13.6. The number of aromatic nitrogens is 4. The molecule has 2 aromatic carbocycles. The predicted octanol–water partition coefficient (Wildman–Crippen LogP) is 5.05. The van der Waals surface area contributed by atoms with Crippen LogP contribution in [-0.2, 0) is 12.1 Å². The zero-order valence-electron chi connectivity index (χ0n) is 20.4. The summed E-state index contributed by atoms with van der Waals surface area (Å²) in [5, 5.41) is 16.6. The van der Waals surface area contributed by atoms with Gasteiger partial charge < -0.3 is 10.6 Å². The fourth-order valence-corrected chi connectivity index (χ4v) is 4.71. The first-order valence-corrected chi connectivity index (χ1v) is 12.1. The third-order valence-electron chi connectivity index (χ3n) is 6.56. The lowest BCUT2D eigenvalue weighted by atomic mass is 9.98. The third-order valence-corrected chi connectivity index (χ3v) is 6.56. The SMILES string of the molecule is CC(C)(C)n1ncc(C(=O)Nc2ccc3cnn(CC4CCNCC4)c3c2)c1-c1ccc(F)cc1. The molecule has 0 radical (unpaired) electrons. The molecule has 8 heteroatoms. The Morgan fingerprint density at radius 1 is 1.09 bits per heavy atom. The largest absolute Gasteiger partial charge is 0.322 e. The van der Waals surface area contributed by atoms with Gasteiger partial charge in [0.25, 0.3) is 5.91 Å². The smallest absolute Gasteiger partial charge is 0.259 e. The van der Waals surface area contributed by atoms with Gasteiger partial charge in [-0.3, -0.25) is 14.2 Å². The Bertz CT molecular complexity index is 1340. The van der Waals surface area contributed by atoms with Crippen molar-refractivity contribution in [3.8, 4) is 11.3 Å². The van der Waals surface area contributed by atoms with E-state index in [-0.39, 0.29) is 17.3 Å². The number of nitrogens with one attached hydrogen (secondary N) is 2. The van der Waals surface area contributed by atoms with Crippen LogP contribution in [0, 0.1) is 11.7 Å². The van der Waals surface area contributed by atoms with Gasteiger partial charge in [-0.2, -0.15) is 10.2 Å². The molecule has 1 saturated heterocycles. The average molecular weight is 475 g/mol. The van der Waals surface area contributed by atoms with E-state index >= 15 is 0 Å². The highest BCUT2D eigenvalue weighted by molar-refractivity contribution is 6.08. The van der Waals surface area contributed by atoms with E-state index in [0.717, 1.165) is 48.9 Å². The molecule has 1 fully saturated rings. The van der Waals surface area contributed by atoms with Crippen molar-refractivity contribution in [3.63, 3.8) is 0 Å². The zero-order chi connectivity index (χ0) is 24.6. The quantitative estimate of drug-likeness (QED) is 0.425. The third kappa shape index (κ3) is 4.84. The van der Waals surface area contributed by atoms with Crippen LogP contribution < -0.4 is 10.6 Å². The van der Waals surface area contributed by atoms with Crippen LogP contribution >= 0.6 is 0 Å². The van der Waals surface area contributed by atoms with E-state index in [9.17, 15) is 9.18 Å². The normalized spacial score (nSPS) is 15.0. The molecular formula is C27H31FN6O. The van der Waals surface area contributed by atoms with Crippen molar-refractivity contribution in [2.75, 3.05) is 18.4 Å². The molecule has 0 atom stereocenters. The fourth-order valence-electron chi connectivity index (χ4n) is 4.71.